The number of amides is 1. The minimum Gasteiger partial charge on any atom is -0.346 e. The van der Waals surface area contributed by atoms with Crippen LogP contribution in [0.25, 0.3) is 5.65 Å². The first-order chi connectivity index (χ1) is 9.61. The van der Waals surface area contributed by atoms with Crippen LogP contribution in [0.15, 0.2) is 36.7 Å². The highest BCUT2D eigenvalue weighted by Gasteiger charge is 2.09. The third-order valence-corrected chi connectivity index (χ3v) is 4.08. The third kappa shape index (κ3) is 2.69. The summed E-state index contributed by atoms with van der Waals surface area (Å²) in [5, 5.41) is 3.52. The van der Waals surface area contributed by atoms with Gasteiger partial charge in [-0.2, -0.15) is 0 Å². The Morgan fingerprint density at radius 2 is 2.20 bits per heavy atom. The SMILES string of the molecule is Cc1ccc(C(=O)NCc2cn3cc(Cl)ccc3n2)s1. The van der Waals surface area contributed by atoms with E-state index in [1.165, 1.54) is 11.3 Å². The van der Waals surface area contributed by atoms with Gasteiger partial charge in [-0.15, -0.1) is 11.3 Å². The normalized spacial score (nSPS) is 10.9. The lowest BCUT2D eigenvalue weighted by Crippen LogP contribution is -2.21. The molecular weight excluding hydrogens is 294 g/mol. The lowest BCUT2D eigenvalue weighted by Gasteiger charge is -1.99. The van der Waals surface area contributed by atoms with Crippen LogP contribution in [-0.4, -0.2) is 15.3 Å². The molecule has 0 spiro atoms. The molecule has 0 atom stereocenters. The van der Waals surface area contributed by atoms with Crippen molar-refractivity contribution in [1.82, 2.24) is 14.7 Å². The van der Waals surface area contributed by atoms with Gasteiger partial charge in [-0.1, -0.05) is 11.6 Å². The first-order valence-corrected chi connectivity index (χ1v) is 7.29. The average Bonchev–Trinajstić information content (AvgIpc) is 3.01. The lowest BCUT2D eigenvalue weighted by molar-refractivity contribution is 0.0954. The predicted molar refractivity (Wildman–Crippen MR) is 80.4 cm³/mol. The number of carbonyl (C=O) groups is 1. The zero-order chi connectivity index (χ0) is 14.1. The standard InChI is InChI=1S/C14H12ClN3OS/c1-9-2-4-12(20-9)14(19)16-6-11-8-18-7-10(15)3-5-13(18)17-11/h2-5,7-8H,6H2,1H3,(H,16,19). The minimum absolute atomic E-state index is 0.0711. The van der Waals surface area contributed by atoms with Crippen LogP contribution in [-0.2, 0) is 6.54 Å². The van der Waals surface area contributed by atoms with E-state index in [2.05, 4.69) is 10.3 Å². The van der Waals surface area contributed by atoms with Gasteiger partial charge in [0.25, 0.3) is 5.91 Å². The van der Waals surface area contributed by atoms with Gasteiger partial charge in [-0.25, -0.2) is 4.98 Å². The molecule has 0 aromatic carbocycles. The van der Waals surface area contributed by atoms with Crippen molar-refractivity contribution in [1.29, 1.82) is 0 Å². The summed E-state index contributed by atoms with van der Waals surface area (Å²) < 4.78 is 1.85. The average molecular weight is 306 g/mol. The number of imidazole rings is 1. The summed E-state index contributed by atoms with van der Waals surface area (Å²) in [6, 6.07) is 7.40. The van der Waals surface area contributed by atoms with Crippen LogP contribution in [0.5, 0.6) is 0 Å². The summed E-state index contributed by atoms with van der Waals surface area (Å²) in [6.45, 7) is 2.38. The first kappa shape index (κ1) is 13.1. The molecule has 0 fully saturated rings. The van der Waals surface area contributed by atoms with E-state index in [4.69, 9.17) is 11.6 Å². The molecule has 0 aliphatic rings. The summed E-state index contributed by atoms with van der Waals surface area (Å²) in [4.78, 5) is 18.2. The molecule has 1 N–H and O–H groups in total. The number of carbonyl (C=O) groups excluding carboxylic acids is 1. The summed E-state index contributed by atoms with van der Waals surface area (Å²) in [5.41, 5.74) is 1.61. The molecule has 0 radical (unpaired) electrons. The Hall–Kier alpha value is -1.85. The maximum Gasteiger partial charge on any atom is 0.261 e. The molecule has 0 saturated carbocycles. The molecule has 0 aliphatic heterocycles. The number of aryl methyl sites for hydroxylation is 1. The summed E-state index contributed by atoms with van der Waals surface area (Å²) >= 11 is 7.40. The second-order valence-corrected chi connectivity index (χ2v) is 6.16. The zero-order valence-electron chi connectivity index (χ0n) is 10.8. The van der Waals surface area contributed by atoms with Gasteiger partial charge in [0.1, 0.15) is 5.65 Å². The number of nitrogens with zero attached hydrogens (tertiary/aromatic N) is 2. The summed E-state index contributed by atoms with van der Waals surface area (Å²) in [6.07, 6.45) is 3.65. The molecule has 4 nitrogen and oxygen atoms in total. The number of hydrogen-bond donors (Lipinski definition) is 1. The van der Waals surface area contributed by atoms with Crippen LogP contribution < -0.4 is 5.32 Å². The second kappa shape index (κ2) is 5.26. The Kier molecular flexibility index (Phi) is 3.46. The van der Waals surface area contributed by atoms with Crippen molar-refractivity contribution >= 4 is 34.5 Å². The van der Waals surface area contributed by atoms with Crippen molar-refractivity contribution in [3.05, 3.63) is 57.1 Å². The van der Waals surface area contributed by atoms with Crippen LogP contribution >= 0.6 is 22.9 Å². The number of aromatic nitrogens is 2. The minimum atomic E-state index is -0.0711. The molecule has 3 aromatic rings. The van der Waals surface area contributed by atoms with Gasteiger partial charge in [0, 0.05) is 17.3 Å². The Morgan fingerprint density at radius 1 is 1.35 bits per heavy atom. The Bertz CT molecular complexity index is 778. The largest absolute Gasteiger partial charge is 0.346 e. The first-order valence-electron chi connectivity index (χ1n) is 6.09. The van der Waals surface area contributed by atoms with E-state index in [-0.39, 0.29) is 5.91 Å². The molecule has 0 unspecified atom stereocenters. The molecule has 1 amide bonds. The fourth-order valence-electron chi connectivity index (χ4n) is 1.92. The Balaban J connectivity index is 1.72. The van der Waals surface area contributed by atoms with Gasteiger partial charge < -0.3 is 9.72 Å². The highest BCUT2D eigenvalue weighted by atomic mass is 35.5. The van der Waals surface area contributed by atoms with Crippen molar-refractivity contribution in [3.8, 4) is 0 Å². The quantitative estimate of drug-likeness (QED) is 0.807. The van der Waals surface area contributed by atoms with Crippen molar-refractivity contribution in [2.75, 3.05) is 0 Å². The Labute approximate surface area is 125 Å². The number of rotatable bonds is 3. The van der Waals surface area contributed by atoms with Gasteiger partial charge in [0.05, 0.1) is 22.1 Å². The highest BCUT2D eigenvalue weighted by Crippen LogP contribution is 2.15. The van der Waals surface area contributed by atoms with E-state index in [0.29, 0.717) is 16.4 Å². The summed E-state index contributed by atoms with van der Waals surface area (Å²) in [7, 11) is 0. The van der Waals surface area contributed by atoms with Crippen LogP contribution in [0.3, 0.4) is 0 Å². The maximum atomic E-state index is 11.9. The van der Waals surface area contributed by atoms with Crippen molar-refractivity contribution in [2.45, 2.75) is 13.5 Å². The maximum absolute atomic E-state index is 11.9. The molecule has 0 aliphatic carbocycles. The molecule has 0 saturated heterocycles. The van der Waals surface area contributed by atoms with Crippen LogP contribution in [0.1, 0.15) is 20.2 Å². The van der Waals surface area contributed by atoms with Gasteiger partial charge in [0.15, 0.2) is 0 Å². The van der Waals surface area contributed by atoms with Gasteiger partial charge in [0.2, 0.25) is 0 Å². The number of hydrogen-bond acceptors (Lipinski definition) is 3. The van der Waals surface area contributed by atoms with E-state index in [0.717, 1.165) is 16.2 Å². The molecule has 6 heteroatoms. The number of thiophene rings is 1. The van der Waals surface area contributed by atoms with Gasteiger partial charge >= 0.3 is 0 Å². The second-order valence-electron chi connectivity index (χ2n) is 4.44. The van der Waals surface area contributed by atoms with Crippen LogP contribution in [0.4, 0.5) is 0 Å². The molecule has 0 bridgehead atoms. The van der Waals surface area contributed by atoms with Crippen LogP contribution in [0.2, 0.25) is 5.02 Å². The molecule has 20 heavy (non-hydrogen) atoms. The summed E-state index contributed by atoms with van der Waals surface area (Å²) in [5.74, 6) is -0.0711. The van der Waals surface area contributed by atoms with Crippen LogP contribution in [0, 0.1) is 6.92 Å². The number of fused-ring (bicyclic) bond motifs is 1. The third-order valence-electron chi connectivity index (χ3n) is 2.86. The predicted octanol–water partition coefficient (Wildman–Crippen LogP) is 3.29. The van der Waals surface area contributed by atoms with Crippen molar-refractivity contribution in [2.24, 2.45) is 0 Å². The smallest absolute Gasteiger partial charge is 0.261 e. The van der Waals surface area contributed by atoms with E-state index in [1.54, 1.807) is 12.3 Å². The number of halogens is 1. The van der Waals surface area contributed by atoms with E-state index in [9.17, 15) is 4.79 Å². The van der Waals surface area contributed by atoms with Crippen molar-refractivity contribution in [3.63, 3.8) is 0 Å². The van der Waals surface area contributed by atoms with Gasteiger partial charge in [-0.05, 0) is 31.2 Å². The van der Waals surface area contributed by atoms with E-state index in [1.807, 2.05) is 35.7 Å². The highest BCUT2D eigenvalue weighted by molar-refractivity contribution is 7.13. The molecule has 3 heterocycles. The fourth-order valence-corrected chi connectivity index (χ4v) is 2.87. The molecule has 102 valence electrons. The number of pyridine rings is 1. The monoisotopic (exact) mass is 305 g/mol. The lowest BCUT2D eigenvalue weighted by atomic mass is 10.4. The topological polar surface area (TPSA) is 46.4 Å². The molecular formula is C14H12ClN3OS. The Morgan fingerprint density at radius 3 is 2.95 bits per heavy atom. The zero-order valence-corrected chi connectivity index (χ0v) is 12.3. The van der Waals surface area contributed by atoms with E-state index < -0.39 is 0 Å². The fraction of sp³-hybridized carbons (Fsp3) is 0.143. The molecule has 3 aromatic heterocycles. The van der Waals surface area contributed by atoms with Crippen molar-refractivity contribution < 1.29 is 4.79 Å². The van der Waals surface area contributed by atoms with E-state index >= 15 is 0 Å². The molecule has 3 rings (SSSR count). The number of nitrogens with one attached hydrogen (secondary N) is 1. The van der Waals surface area contributed by atoms with Gasteiger partial charge in [-0.3, -0.25) is 4.79 Å².